The fourth-order valence-electron chi connectivity index (χ4n) is 3.31. The lowest BCUT2D eigenvalue weighted by Crippen LogP contribution is -2.68. The highest BCUT2D eigenvalue weighted by Crippen LogP contribution is 2.40. The molecule has 2 fully saturated rings. The van der Waals surface area contributed by atoms with Gasteiger partial charge in [-0.05, 0) is 25.0 Å². The van der Waals surface area contributed by atoms with Gasteiger partial charge in [0.15, 0.2) is 0 Å². The van der Waals surface area contributed by atoms with Crippen LogP contribution in [0.2, 0.25) is 0 Å². The zero-order valence-corrected chi connectivity index (χ0v) is 11.7. The maximum atomic E-state index is 12.5. The fourth-order valence-corrected chi connectivity index (χ4v) is 3.31. The molecule has 1 spiro atoms. The van der Waals surface area contributed by atoms with Crippen LogP contribution < -0.4 is 10.6 Å². The van der Waals surface area contributed by atoms with E-state index in [0.29, 0.717) is 5.95 Å². The third kappa shape index (κ3) is 2.11. The predicted octanol–water partition coefficient (Wildman–Crippen LogP) is 1.27. The Morgan fingerprint density at radius 2 is 2.14 bits per heavy atom. The third-order valence-corrected chi connectivity index (χ3v) is 4.65. The Morgan fingerprint density at radius 3 is 2.86 bits per heavy atom. The van der Waals surface area contributed by atoms with Crippen molar-refractivity contribution in [2.24, 2.45) is 5.41 Å². The monoisotopic (exact) mass is 286 g/mol. The Balaban J connectivity index is 1.50. The van der Waals surface area contributed by atoms with Crippen molar-refractivity contribution in [3.63, 3.8) is 0 Å². The van der Waals surface area contributed by atoms with Crippen molar-refractivity contribution < 1.29 is 9.53 Å². The summed E-state index contributed by atoms with van der Waals surface area (Å²) >= 11 is 0. The zero-order valence-electron chi connectivity index (χ0n) is 11.7. The molecule has 1 atom stereocenters. The third-order valence-electron chi connectivity index (χ3n) is 4.65. The van der Waals surface area contributed by atoms with Gasteiger partial charge >= 0.3 is 0 Å². The number of rotatable bonds is 2. The molecule has 3 N–H and O–H groups in total. The van der Waals surface area contributed by atoms with Gasteiger partial charge in [0.2, 0.25) is 11.9 Å². The standard InChI is InChI=1S/C15H18N4O2/c20-13(12-15(9-16-12)5-7-21-8-6-15)19-14-17-10-3-1-2-4-11(10)18-14/h1-4,12,16H,5-9H2,(H2,17,18,19,20). The molecule has 0 aliphatic carbocycles. The number of nitrogens with one attached hydrogen (secondary N) is 3. The fraction of sp³-hybridized carbons (Fsp3) is 0.467. The first kappa shape index (κ1) is 12.8. The van der Waals surface area contributed by atoms with Crippen molar-refractivity contribution in [3.05, 3.63) is 24.3 Å². The lowest BCUT2D eigenvalue weighted by atomic mass is 9.67. The molecule has 1 amide bonds. The summed E-state index contributed by atoms with van der Waals surface area (Å²) in [6.45, 7) is 2.39. The molecule has 6 heteroatoms. The number of aromatic nitrogens is 2. The molecule has 21 heavy (non-hydrogen) atoms. The Labute approximate surface area is 122 Å². The van der Waals surface area contributed by atoms with E-state index in [1.165, 1.54) is 0 Å². The van der Waals surface area contributed by atoms with Gasteiger partial charge < -0.3 is 15.0 Å². The van der Waals surface area contributed by atoms with Crippen LogP contribution in [0.15, 0.2) is 24.3 Å². The number of nitrogens with zero attached hydrogens (tertiary/aromatic N) is 1. The molecule has 3 heterocycles. The summed E-state index contributed by atoms with van der Waals surface area (Å²) in [5, 5.41) is 6.15. The Kier molecular flexibility index (Phi) is 2.94. The number of amides is 1. The van der Waals surface area contributed by atoms with Gasteiger partial charge in [-0.15, -0.1) is 0 Å². The van der Waals surface area contributed by atoms with E-state index < -0.39 is 0 Å². The van der Waals surface area contributed by atoms with Gasteiger partial charge in [0.05, 0.1) is 17.1 Å². The quantitative estimate of drug-likeness (QED) is 0.777. The van der Waals surface area contributed by atoms with Crippen molar-refractivity contribution in [2.75, 3.05) is 25.1 Å². The summed E-state index contributed by atoms with van der Waals surface area (Å²) in [6.07, 6.45) is 1.89. The Hall–Kier alpha value is -1.92. The highest BCUT2D eigenvalue weighted by atomic mass is 16.5. The first-order valence-electron chi connectivity index (χ1n) is 7.34. The number of aromatic amines is 1. The van der Waals surface area contributed by atoms with Crippen LogP contribution in [0.1, 0.15) is 12.8 Å². The lowest BCUT2D eigenvalue weighted by Gasteiger charge is -2.51. The van der Waals surface area contributed by atoms with E-state index in [0.717, 1.165) is 43.6 Å². The van der Waals surface area contributed by atoms with E-state index in [2.05, 4.69) is 20.6 Å². The molecule has 2 aliphatic heterocycles. The number of imidazole rings is 1. The highest BCUT2D eigenvalue weighted by Gasteiger charge is 2.51. The van der Waals surface area contributed by atoms with E-state index in [4.69, 9.17) is 4.74 Å². The topological polar surface area (TPSA) is 79.0 Å². The number of ether oxygens (including phenoxy) is 1. The Bertz CT molecular complexity index is 642. The van der Waals surface area contributed by atoms with Crippen LogP contribution in [0.25, 0.3) is 11.0 Å². The molecule has 0 radical (unpaired) electrons. The molecule has 6 nitrogen and oxygen atoms in total. The van der Waals surface area contributed by atoms with Gasteiger partial charge in [-0.25, -0.2) is 4.98 Å². The predicted molar refractivity (Wildman–Crippen MR) is 79.0 cm³/mol. The molecule has 1 unspecified atom stereocenters. The molecule has 2 aliphatic rings. The van der Waals surface area contributed by atoms with Crippen LogP contribution in [0.5, 0.6) is 0 Å². The number of carbonyl (C=O) groups excluding carboxylic acids is 1. The molecule has 1 aromatic carbocycles. The average molecular weight is 286 g/mol. The van der Waals surface area contributed by atoms with Crippen molar-refractivity contribution >= 4 is 22.9 Å². The summed E-state index contributed by atoms with van der Waals surface area (Å²) in [7, 11) is 0. The van der Waals surface area contributed by atoms with Crippen molar-refractivity contribution in [1.82, 2.24) is 15.3 Å². The number of para-hydroxylation sites is 2. The van der Waals surface area contributed by atoms with Crippen molar-refractivity contribution in [1.29, 1.82) is 0 Å². The van der Waals surface area contributed by atoms with Gasteiger partial charge in [0, 0.05) is 25.2 Å². The van der Waals surface area contributed by atoms with E-state index in [1.807, 2.05) is 24.3 Å². The first-order valence-corrected chi connectivity index (χ1v) is 7.34. The number of hydrogen-bond acceptors (Lipinski definition) is 4. The summed E-state index contributed by atoms with van der Waals surface area (Å²) < 4.78 is 5.41. The van der Waals surface area contributed by atoms with Crippen molar-refractivity contribution in [2.45, 2.75) is 18.9 Å². The van der Waals surface area contributed by atoms with Gasteiger partial charge in [0.1, 0.15) is 0 Å². The largest absolute Gasteiger partial charge is 0.381 e. The number of benzene rings is 1. The van der Waals surface area contributed by atoms with E-state index >= 15 is 0 Å². The zero-order chi connectivity index (χ0) is 14.3. The summed E-state index contributed by atoms with van der Waals surface area (Å²) in [4.78, 5) is 20.0. The number of fused-ring (bicyclic) bond motifs is 1. The van der Waals surface area contributed by atoms with E-state index in [1.54, 1.807) is 0 Å². The molecule has 2 saturated heterocycles. The SMILES string of the molecule is O=C(Nc1nc2ccccc2[nH]1)C1NCC12CCOCC2. The van der Waals surface area contributed by atoms with Crippen molar-refractivity contribution in [3.8, 4) is 0 Å². The molecule has 2 aromatic rings. The van der Waals surface area contributed by atoms with Crippen LogP contribution in [0.4, 0.5) is 5.95 Å². The highest BCUT2D eigenvalue weighted by molar-refractivity contribution is 5.96. The maximum absolute atomic E-state index is 12.5. The number of hydrogen-bond donors (Lipinski definition) is 3. The minimum Gasteiger partial charge on any atom is -0.381 e. The minimum absolute atomic E-state index is 0.0118. The summed E-state index contributed by atoms with van der Waals surface area (Å²) in [5.41, 5.74) is 1.85. The molecule has 0 bridgehead atoms. The molecule has 110 valence electrons. The van der Waals surface area contributed by atoms with E-state index in [-0.39, 0.29) is 17.4 Å². The maximum Gasteiger partial charge on any atom is 0.244 e. The number of H-pyrrole nitrogens is 1. The van der Waals surface area contributed by atoms with Crippen LogP contribution in [0, 0.1) is 5.41 Å². The molecule has 0 saturated carbocycles. The molecular weight excluding hydrogens is 268 g/mol. The summed E-state index contributed by atoms with van der Waals surface area (Å²) in [5.74, 6) is 0.499. The second-order valence-corrected chi connectivity index (χ2v) is 5.88. The minimum atomic E-state index is -0.144. The van der Waals surface area contributed by atoms with Crippen LogP contribution in [-0.4, -0.2) is 41.7 Å². The second-order valence-electron chi connectivity index (χ2n) is 5.88. The molecular formula is C15H18N4O2. The average Bonchev–Trinajstić information content (AvgIpc) is 2.89. The second kappa shape index (κ2) is 4.82. The van der Waals surface area contributed by atoms with Gasteiger partial charge in [0.25, 0.3) is 0 Å². The Morgan fingerprint density at radius 1 is 1.33 bits per heavy atom. The van der Waals surface area contributed by atoms with Gasteiger partial charge in [-0.3, -0.25) is 10.1 Å². The van der Waals surface area contributed by atoms with Gasteiger partial charge in [-0.2, -0.15) is 0 Å². The summed E-state index contributed by atoms with van der Waals surface area (Å²) in [6, 6.07) is 7.59. The van der Waals surface area contributed by atoms with Crippen LogP contribution in [0.3, 0.4) is 0 Å². The lowest BCUT2D eigenvalue weighted by molar-refractivity contribution is -0.130. The normalized spacial score (nSPS) is 23.9. The number of anilines is 1. The smallest absolute Gasteiger partial charge is 0.244 e. The van der Waals surface area contributed by atoms with Crippen LogP contribution in [-0.2, 0) is 9.53 Å². The number of carbonyl (C=O) groups is 1. The molecule has 1 aromatic heterocycles. The first-order chi connectivity index (χ1) is 10.3. The van der Waals surface area contributed by atoms with Gasteiger partial charge in [-0.1, -0.05) is 12.1 Å². The molecule has 4 rings (SSSR count). The van der Waals surface area contributed by atoms with E-state index in [9.17, 15) is 4.79 Å². The van der Waals surface area contributed by atoms with Crippen LogP contribution >= 0.6 is 0 Å².